The Morgan fingerprint density at radius 3 is 1.93 bits per heavy atom. The molecule has 0 atom stereocenters. The first kappa shape index (κ1) is 22.0. The summed E-state index contributed by atoms with van der Waals surface area (Å²) >= 11 is 7.12. The van der Waals surface area contributed by atoms with Crippen molar-refractivity contribution in [2.24, 2.45) is 0 Å². The highest BCUT2D eigenvalue weighted by Gasteiger charge is 2.34. The van der Waals surface area contributed by atoms with Crippen LogP contribution in [0.1, 0.15) is 39.5 Å². The molecule has 0 aliphatic carbocycles. The van der Waals surface area contributed by atoms with Crippen LogP contribution in [-0.4, -0.2) is 20.0 Å². The Morgan fingerprint density at radius 2 is 1.50 bits per heavy atom. The van der Waals surface area contributed by atoms with E-state index in [1.807, 2.05) is 26.0 Å². The van der Waals surface area contributed by atoms with Gasteiger partial charge in [0.15, 0.2) is 0 Å². The van der Waals surface area contributed by atoms with Crippen LogP contribution in [0.2, 0.25) is 0 Å². The highest BCUT2D eigenvalue weighted by atomic mass is 79.9. The molecule has 0 unspecified atom stereocenters. The molecule has 1 aromatic heterocycles. The van der Waals surface area contributed by atoms with Gasteiger partial charge in [-0.15, -0.1) is 0 Å². The van der Waals surface area contributed by atoms with Crippen molar-refractivity contribution in [3.63, 3.8) is 0 Å². The lowest BCUT2D eigenvalue weighted by Gasteiger charge is -2.32. The lowest BCUT2D eigenvalue weighted by molar-refractivity contribution is 0.0171. The molecule has 0 radical (unpaired) electrons. The van der Waals surface area contributed by atoms with Crippen LogP contribution in [0.4, 0.5) is 0 Å². The maximum Gasteiger partial charge on any atom is 0.470 e. The number of hydrogen-bond acceptors (Lipinski definition) is 2. The molecular formula is C20H24Br2NO4P. The van der Waals surface area contributed by atoms with E-state index in [2.05, 4.69) is 60.7 Å². The molecule has 2 N–H and O–H groups in total. The highest BCUT2D eigenvalue weighted by Crippen LogP contribution is 2.46. The number of fused-ring (bicyclic) bond motifs is 3. The molecule has 8 heteroatoms. The minimum absolute atomic E-state index is 0.557. The molecule has 0 aliphatic rings. The van der Waals surface area contributed by atoms with E-state index in [1.54, 1.807) is 0 Å². The predicted octanol–water partition coefficient (Wildman–Crippen LogP) is 6.77. The van der Waals surface area contributed by atoms with Gasteiger partial charge in [-0.05, 0) is 62.1 Å². The summed E-state index contributed by atoms with van der Waals surface area (Å²) in [5.41, 5.74) is 1.49. The summed E-state index contributed by atoms with van der Waals surface area (Å²) < 4.78 is 21.0. The Morgan fingerprint density at radius 1 is 1.00 bits per heavy atom. The molecule has 0 bridgehead atoms. The fourth-order valence-corrected chi connectivity index (χ4v) is 5.46. The highest BCUT2D eigenvalue weighted by molar-refractivity contribution is 9.10. The Hall–Kier alpha value is -0.690. The number of benzene rings is 2. The van der Waals surface area contributed by atoms with Gasteiger partial charge >= 0.3 is 7.82 Å². The number of hydrogen-bond donors (Lipinski definition) is 2. The third kappa shape index (κ3) is 4.72. The van der Waals surface area contributed by atoms with Crippen molar-refractivity contribution in [1.82, 2.24) is 4.57 Å². The van der Waals surface area contributed by atoms with E-state index < -0.39 is 13.4 Å². The minimum Gasteiger partial charge on any atom is -0.340 e. The van der Waals surface area contributed by atoms with Crippen LogP contribution in [0, 0.1) is 0 Å². The van der Waals surface area contributed by atoms with Gasteiger partial charge in [0, 0.05) is 37.3 Å². The van der Waals surface area contributed by atoms with E-state index in [9.17, 15) is 14.4 Å². The molecule has 28 heavy (non-hydrogen) atoms. The topological polar surface area (TPSA) is 71.7 Å². The molecule has 0 spiro atoms. The zero-order chi connectivity index (χ0) is 20.5. The fraction of sp³-hybridized carbons (Fsp3) is 0.400. The summed E-state index contributed by atoms with van der Waals surface area (Å²) in [5, 5.41) is 2.35. The molecule has 2 aromatic carbocycles. The van der Waals surface area contributed by atoms with Gasteiger partial charge in [0.2, 0.25) is 0 Å². The van der Waals surface area contributed by atoms with E-state index in [0.29, 0.717) is 19.3 Å². The van der Waals surface area contributed by atoms with E-state index in [4.69, 9.17) is 4.52 Å². The van der Waals surface area contributed by atoms with Crippen LogP contribution >= 0.6 is 39.7 Å². The average molecular weight is 533 g/mol. The van der Waals surface area contributed by atoms with E-state index in [1.165, 1.54) is 10.8 Å². The zero-order valence-corrected chi connectivity index (χ0v) is 19.9. The standard InChI is InChI=1S/C20H24Br2NO4P/c1-3-20(4-2,27-28(24,25)26)10-5-11-23-18-8-6-14(21)12-16(18)17-13-15(22)7-9-19(17)23/h6-9,12-13H,3-5,10-11H2,1-2H3,(H2,24,25,26). The molecule has 0 fully saturated rings. The molecule has 3 aromatic rings. The van der Waals surface area contributed by atoms with Crippen molar-refractivity contribution in [3.05, 3.63) is 45.3 Å². The number of nitrogens with zero attached hydrogens (tertiary/aromatic N) is 1. The van der Waals surface area contributed by atoms with Crippen molar-refractivity contribution in [1.29, 1.82) is 0 Å². The van der Waals surface area contributed by atoms with Crippen LogP contribution in [0.15, 0.2) is 45.3 Å². The summed E-state index contributed by atoms with van der Waals surface area (Å²) in [6, 6.07) is 12.5. The largest absolute Gasteiger partial charge is 0.470 e. The SMILES string of the molecule is CCC(CC)(CCCn1c2ccc(Br)cc2c2cc(Br)ccc21)OP(=O)(O)O. The number of aryl methyl sites for hydroxylation is 1. The van der Waals surface area contributed by atoms with Gasteiger partial charge in [-0.25, -0.2) is 4.57 Å². The zero-order valence-electron chi connectivity index (χ0n) is 15.9. The Balaban J connectivity index is 1.92. The summed E-state index contributed by atoms with van der Waals surface area (Å²) in [4.78, 5) is 18.6. The van der Waals surface area contributed by atoms with Crippen molar-refractivity contribution < 1.29 is 18.9 Å². The lowest BCUT2D eigenvalue weighted by Crippen LogP contribution is -2.30. The Kier molecular flexibility index (Phi) is 6.75. The quantitative estimate of drug-likeness (QED) is 0.314. The van der Waals surface area contributed by atoms with Gasteiger partial charge in [-0.2, -0.15) is 0 Å². The smallest absolute Gasteiger partial charge is 0.340 e. The third-order valence-electron chi connectivity index (χ3n) is 5.40. The molecule has 1 heterocycles. The van der Waals surface area contributed by atoms with E-state index in [0.717, 1.165) is 32.9 Å². The molecule has 0 amide bonds. The molecular weight excluding hydrogens is 509 g/mol. The fourth-order valence-electron chi connectivity index (χ4n) is 3.88. The number of rotatable bonds is 8. The van der Waals surface area contributed by atoms with Gasteiger partial charge < -0.3 is 14.4 Å². The van der Waals surface area contributed by atoms with Gasteiger partial charge in [0.1, 0.15) is 0 Å². The van der Waals surface area contributed by atoms with Crippen LogP contribution in [0.3, 0.4) is 0 Å². The monoisotopic (exact) mass is 531 g/mol. The first-order valence-corrected chi connectivity index (χ1v) is 12.4. The summed E-state index contributed by atoms with van der Waals surface area (Å²) in [7, 11) is -4.53. The maximum absolute atomic E-state index is 11.4. The predicted molar refractivity (Wildman–Crippen MR) is 121 cm³/mol. The number of halogens is 2. The molecule has 5 nitrogen and oxygen atoms in total. The van der Waals surface area contributed by atoms with E-state index >= 15 is 0 Å². The van der Waals surface area contributed by atoms with Gasteiger partial charge in [-0.3, -0.25) is 4.52 Å². The summed E-state index contributed by atoms with van der Waals surface area (Å²) in [6.07, 6.45) is 2.45. The Bertz CT molecular complexity index is 980. The van der Waals surface area contributed by atoms with Crippen molar-refractivity contribution >= 4 is 61.5 Å². The number of phosphoric ester groups is 1. The first-order chi connectivity index (χ1) is 13.2. The molecule has 0 aliphatic heterocycles. The normalized spacial score (nSPS) is 12.9. The third-order valence-corrected chi connectivity index (χ3v) is 7.02. The van der Waals surface area contributed by atoms with Crippen molar-refractivity contribution in [3.8, 4) is 0 Å². The van der Waals surface area contributed by atoms with Crippen molar-refractivity contribution in [2.45, 2.75) is 51.7 Å². The summed E-state index contributed by atoms with van der Waals surface area (Å²) in [6.45, 7) is 4.57. The van der Waals surface area contributed by atoms with Gasteiger partial charge in [-0.1, -0.05) is 45.7 Å². The molecule has 0 saturated carbocycles. The second-order valence-corrected chi connectivity index (χ2v) is 10.0. The number of phosphoric acid groups is 1. The van der Waals surface area contributed by atoms with Gasteiger partial charge in [0.05, 0.1) is 5.60 Å². The summed E-state index contributed by atoms with van der Waals surface area (Å²) in [5.74, 6) is 0. The second-order valence-electron chi connectivity index (χ2n) is 7.05. The van der Waals surface area contributed by atoms with Crippen LogP contribution in [-0.2, 0) is 15.6 Å². The second kappa shape index (κ2) is 8.58. The molecule has 152 valence electrons. The van der Waals surface area contributed by atoms with Crippen LogP contribution in [0.5, 0.6) is 0 Å². The van der Waals surface area contributed by atoms with Gasteiger partial charge in [0.25, 0.3) is 0 Å². The number of aromatic nitrogens is 1. The lowest BCUT2D eigenvalue weighted by atomic mass is 9.92. The van der Waals surface area contributed by atoms with Crippen LogP contribution in [0.25, 0.3) is 21.8 Å². The average Bonchev–Trinajstić information content (AvgIpc) is 2.92. The van der Waals surface area contributed by atoms with E-state index in [-0.39, 0.29) is 0 Å². The minimum atomic E-state index is -4.53. The first-order valence-electron chi connectivity index (χ1n) is 9.31. The van der Waals surface area contributed by atoms with Crippen molar-refractivity contribution in [2.75, 3.05) is 0 Å². The molecule has 3 rings (SSSR count). The molecule has 0 saturated heterocycles. The van der Waals surface area contributed by atoms with Crippen LogP contribution < -0.4 is 0 Å². The Labute approximate surface area is 181 Å². The maximum atomic E-state index is 11.4.